The molecule has 1 aromatic rings. The van der Waals surface area contributed by atoms with Crippen LogP contribution >= 0.6 is 0 Å². The van der Waals surface area contributed by atoms with E-state index in [1.807, 2.05) is 21.0 Å². The highest BCUT2D eigenvalue weighted by Crippen LogP contribution is 2.32. The lowest BCUT2D eigenvalue weighted by Crippen LogP contribution is -2.26. The number of aryl methyl sites for hydroxylation is 1. The molecule has 0 aliphatic heterocycles. The molecule has 0 saturated heterocycles. The molecule has 0 saturated carbocycles. The predicted octanol–water partition coefficient (Wildman–Crippen LogP) is 3.62. The van der Waals surface area contributed by atoms with Gasteiger partial charge in [0.25, 0.3) is 0 Å². The highest BCUT2D eigenvalue weighted by Gasteiger charge is 2.31. The van der Waals surface area contributed by atoms with E-state index in [2.05, 4.69) is 10.2 Å². The first kappa shape index (κ1) is 17.0. The SMILES string of the molecule is CCNC(CCN(C)C)c1ccc(C(F)(F)F)cc1C. The van der Waals surface area contributed by atoms with Gasteiger partial charge in [-0.15, -0.1) is 0 Å². The summed E-state index contributed by atoms with van der Waals surface area (Å²) >= 11 is 0. The summed E-state index contributed by atoms with van der Waals surface area (Å²) in [5.74, 6) is 0. The van der Waals surface area contributed by atoms with Gasteiger partial charge in [-0.3, -0.25) is 0 Å². The molecule has 0 heterocycles. The maximum atomic E-state index is 12.7. The van der Waals surface area contributed by atoms with Crippen LogP contribution in [0.4, 0.5) is 13.2 Å². The molecule has 1 atom stereocenters. The van der Waals surface area contributed by atoms with Gasteiger partial charge in [-0.25, -0.2) is 0 Å². The van der Waals surface area contributed by atoms with Crippen LogP contribution in [0.15, 0.2) is 18.2 Å². The normalized spacial score (nSPS) is 13.8. The van der Waals surface area contributed by atoms with Crippen LogP contribution in [0.25, 0.3) is 0 Å². The third-order valence-electron chi connectivity index (χ3n) is 3.29. The number of hydrogen-bond acceptors (Lipinski definition) is 2. The molecule has 2 nitrogen and oxygen atoms in total. The summed E-state index contributed by atoms with van der Waals surface area (Å²) in [5.41, 5.74) is 1.05. The van der Waals surface area contributed by atoms with Crippen molar-refractivity contribution < 1.29 is 13.2 Å². The Bertz CT molecular complexity index is 428. The number of halogens is 3. The quantitative estimate of drug-likeness (QED) is 0.860. The number of nitrogens with one attached hydrogen (secondary N) is 1. The molecule has 0 aromatic heterocycles. The number of rotatable bonds is 6. The van der Waals surface area contributed by atoms with E-state index in [4.69, 9.17) is 0 Å². The third kappa shape index (κ3) is 4.80. The van der Waals surface area contributed by atoms with Crippen LogP contribution in [0, 0.1) is 6.92 Å². The predicted molar refractivity (Wildman–Crippen MR) is 75.8 cm³/mol. The van der Waals surface area contributed by atoms with Crippen molar-refractivity contribution >= 4 is 0 Å². The molecule has 1 aromatic carbocycles. The standard InChI is InChI=1S/C15H23F3N2/c1-5-19-14(8-9-20(3)4)13-7-6-12(10-11(13)2)15(16,17)18/h6-7,10,14,19H,5,8-9H2,1-4H3. The van der Waals surface area contributed by atoms with Crippen molar-refractivity contribution in [2.75, 3.05) is 27.2 Å². The van der Waals surface area contributed by atoms with Gasteiger partial charge >= 0.3 is 6.18 Å². The molecule has 1 N–H and O–H groups in total. The van der Waals surface area contributed by atoms with E-state index < -0.39 is 11.7 Å². The van der Waals surface area contributed by atoms with Crippen molar-refractivity contribution in [3.05, 3.63) is 34.9 Å². The van der Waals surface area contributed by atoms with E-state index in [9.17, 15) is 13.2 Å². The van der Waals surface area contributed by atoms with Crippen LogP contribution in [-0.4, -0.2) is 32.1 Å². The molecule has 0 aliphatic carbocycles. The van der Waals surface area contributed by atoms with Crippen molar-refractivity contribution in [1.82, 2.24) is 10.2 Å². The lowest BCUT2D eigenvalue weighted by Gasteiger charge is -2.23. The number of hydrogen-bond donors (Lipinski definition) is 1. The maximum absolute atomic E-state index is 12.7. The minimum absolute atomic E-state index is 0.0877. The molecule has 5 heteroatoms. The van der Waals surface area contributed by atoms with Crippen molar-refractivity contribution in [2.45, 2.75) is 32.5 Å². The number of nitrogens with zero attached hydrogens (tertiary/aromatic N) is 1. The van der Waals surface area contributed by atoms with Crippen LogP contribution in [0.2, 0.25) is 0 Å². The topological polar surface area (TPSA) is 15.3 Å². The average molecular weight is 288 g/mol. The number of benzene rings is 1. The van der Waals surface area contributed by atoms with E-state index in [-0.39, 0.29) is 6.04 Å². The zero-order valence-corrected chi connectivity index (χ0v) is 12.5. The first-order valence-corrected chi connectivity index (χ1v) is 6.81. The molecule has 0 bridgehead atoms. The average Bonchev–Trinajstić information content (AvgIpc) is 2.33. The molecule has 0 amide bonds. The van der Waals surface area contributed by atoms with Gasteiger partial charge in [0.15, 0.2) is 0 Å². The summed E-state index contributed by atoms with van der Waals surface area (Å²) in [6.45, 7) is 5.42. The highest BCUT2D eigenvalue weighted by molar-refractivity contribution is 5.34. The smallest absolute Gasteiger partial charge is 0.310 e. The molecule has 20 heavy (non-hydrogen) atoms. The summed E-state index contributed by atoms with van der Waals surface area (Å²) < 4.78 is 38.0. The minimum atomic E-state index is -4.28. The van der Waals surface area contributed by atoms with Crippen LogP contribution in [0.5, 0.6) is 0 Å². The van der Waals surface area contributed by atoms with E-state index >= 15 is 0 Å². The Hall–Kier alpha value is -1.07. The lowest BCUT2D eigenvalue weighted by molar-refractivity contribution is -0.137. The fraction of sp³-hybridized carbons (Fsp3) is 0.600. The Balaban J connectivity index is 2.96. The molecule has 0 fully saturated rings. The van der Waals surface area contributed by atoms with Crippen molar-refractivity contribution in [3.63, 3.8) is 0 Å². The van der Waals surface area contributed by atoms with Crippen molar-refractivity contribution in [2.24, 2.45) is 0 Å². The van der Waals surface area contributed by atoms with E-state index in [0.29, 0.717) is 5.56 Å². The van der Waals surface area contributed by atoms with Gasteiger partial charge in [0.2, 0.25) is 0 Å². The Labute approximate surface area is 119 Å². The van der Waals surface area contributed by atoms with Gasteiger partial charge in [-0.2, -0.15) is 13.2 Å². The van der Waals surface area contributed by atoms with Gasteiger partial charge in [0.05, 0.1) is 5.56 Å². The summed E-state index contributed by atoms with van der Waals surface area (Å²) in [6, 6.07) is 4.09. The Morgan fingerprint density at radius 1 is 1.25 bits per heavy atom. The van der Waals surface area contributed by atoms with E-state index in [0.717, 1.165) is 25.1 Å². The molecule has 1 rings (SSSR count). The number of alkyl halides is 3. The molecular weight excluding hydrogens is 265 g/mol. The molecule has 0 radical (unpaired) electrons. The van der Waals surface area contributed by atoms with Crippen molar-refractivity contribution in [1.29, 1.82) is 0 Å². The van der Waals surface area contributed by atoms with Gasteiger partial charge in [-0.05, 0) is 63.8 Å². The maximum Gasteiger partial charge on any atom is 0.416 e. The second-order valence-electron chi connectivity index (χ2n) is 5.27. The summed E-state index contributed by atoms with van der Waals surface area (Å²) in [5, 5.41) is 3.35. The van der Waals surface area contributed by atoms with Crippen LogP contribution < -0.4 is 5.32 Å². The molecule has 1 unspecified atom stereocenters. The zero-order chi connectivity index (χ0) is 15.3. The summed E-state index contributed by atoms with van der Waals surface area (Å²) in [6.07, 6.45) is -3.41. The zero-order valence-electron chi connectivity index (χ0n) is 12.5. The summed E-state index contributed by atoms with van der Waals surface area (Å²) in [4.78, 5) is 2.07. The Morgan fingerprint density at radius 2 is 1.90 bits per heavy atom. The van der Waals surface area contributed by atoms with E-state index in [1.165, 1.54) is 12.1 Å². The fourth-order valence-corrected chi connectivity index (χ4v) is 2.24. The second kappa shape index (κ2) is 7.09. The first-order chi connectivity index (χ1) is 9.25. The van der Waals surface area contributed by atoms with Crippen LogP contribution in [0.1, 0.15) is 36.1 Å². The molecule has 0 aliphatic rings. The molecule has 114 valence electrons. The van der Waals surface area contributed by atoms with Crippen LogP contribution in [0.3, 0.4) is 0 Å². The van der Waals surface area contributed by atoms with Gasteiger partial charge in [-0.1, -0.05) is 13.0 Å². The highest BCUT2D eigenvalue weighted by atomic mass is 19.4. The third-order valence-corrected chi connectivity index (χ3v) is 3.29. The Kier molecular flexibility index (Phi) is 6.02. The second-order valence-corrected chi connectivity index (χ2v) is 5.27. The fourth-order valence-electron chi connectivity index (χ4n) is 2.24. The van der Waals surface area contributed by atoms with E-state index in [1.54, 1.807) is 13.0 Å². The lowest BCUT2D eigenvalue weighted by atomic mass is 9.96. The van der Waals surface area contributed by atoms with Gasteiger partial charge in [0.1, 0.15) is 0 Å². The van der Waals surface area contributed by atoms with Gasteiger partial charge < -0.3 is 10.2 Å². The van der Waals surface area contributed by atoms with Crippen molar-refractivity contribution in [3.8, 4) is 0 Å². The molecule has 0 spiro atoms. The largest absolute Gasteiger partial charge is 0.416 e. The first-order valence-electron chi connectivity index (χ1n) is 6.81. The Morgan fingerprint density at radius 3 is 2.35 bits per heavy atom. The monoisotopic (exact) mass is 288 g/mol. The minimum Gasteiger partial charge on any atom is -0.310 e. The molecular formula is C15H23F3N2. The van der Waals surface area contributed by atoms with Crippen LogP contribution in [-0.2, 0) is 6.18 Å². The summed E-state index contributed by atoms with van der Waals surface area (Å²) in [7, 11) is 3.98. The van der Waals surface area contributed by atoms with Gasteiger partial charge in [0, 0.05) is 6.04 Å².